The number of carbonyl (C=O) groups is 1. The average Bonchev–Trinajstić information content (AvgIpc) is 2.25. The molecule has 0 aliphatic rings. The maximum Gasteiger partial charge on any atom is 0.191 e. The monoisotopic (exact) mass is 249 g/mol. The minimum atomic E-state index is 0.0576. The van der Waals surface area contributed by atoms with Gasteiger partial charge in [0.1, 0.15) is 5.78 Å². The van der Waals surface area contributed by atoms with Crippen molar-refractivity contribution in [2.75, 3.05) is 5.01 Å². The number of thiocarbonyl (C=S) groups is 1. The van der Waals surface area contributed by atoms with Gasteiger partial charge in [0.05, 0.1) is 5.69 Å². The van der Waals surface area contributed by atoms with Crippen LogP contribution in [0.1, 0.15) is 20.3 Å². The zero-order valence-corrected chi connectivity index (χ0v) is 10.7. The smallest absolute Gasteiger partial charge is 0.191 e. The minimum Gasteiger partial charge on any atom is -0.374 e. The van der Waals surface area contributed by atoms with Crippen LogP contribution in [0.4, 0.5) is 5.69 Å². The van der Waals surface area contributed by atoms with Gasteiger partial charge >= 0.3 is 0 Å². The Morgan fingerprint density at radius 1 is 1.35 bits per heavy atom. The molecule has 90 valence electrons. The van der Waals surface area contributed by atoms with E-state index in [1.165, 1.54) is 11.9 Å². The molecular formula is C12H15N3OS. The Hall–Kier alpha value is -1.75. The van der Waals surface area contributed by atoms with E-state index in [4.69, 9.17) is 18.0 Å². The molecule has 1 aromatic carbocycles. The maximum atomic E-state index is 11.0. The molecule has 0 saturated heterocycles. The fraction of sp³-hybridized carbons (Fsp3) is 0.250. The number of hydrazone groups is 1. The van der Waals surface area contributed by atoms with Crippen molar-refractivity contribution in [1.82, 2.24) is 0 Å². The van der Waals surface area contributed by atoms with Gasteiger partial charge in [-0.3, -0.25) is 4.79 Å². The lowest BCUT2D eigenvalue weighted by molar-refractivity contribution is -0.115. The third kappa shape index (κ3) is 4.32. The number of nitrogens with two attached hydrogens (primary N) is 1. The van der Waals surface area contributed by atoms with E-state index < -0.39 is 0 Å². The molecule has 0 aliphatic heterocycles. The third-order valence-corrected chi connectivity index (χ3v) is 2.16. The number of Topliss-reactive ketones (excluding diaryl/α,β-unsaturated/α-hetero) is 1. The highest BCUT2D eigenvalue weighted by Gasteiger charge is 2.08. The molecule has 0 heterocycles. The Morgan fingerprint density at radius 3 is 2.41 bits per heavy atom. The van der Waals surface area contributed by atoms with E-state index in [2.05, 4.69) is 5.10 Å². The van der Waals surface area contributed by atoms with E-state index in [1.54, 1.807) is 6.92 Å². The van der Waals surface area contributed by atoms with Crippen molar-refractivity contribution in [3.8, 4) is 0 Å². The fourth-order valence-corrected chi connectivity index (χ4v) is 1.52. The summed E-state index contributed by atoms with van der Waals surface area (Å²) in [7, 11) is 0. The van der Waals surface area contributed by atoms with Gasteiger partial charge < -0.3 is 5.73 Å². The van der Waals surface area contributed by atoms with Crippen LogP contribution in [0.25, 0.3) is 0 Å². The average molecular weight is 249 g/mol. The summed E-state index contributed by atoms with van der Waals surface area (Å²) >= 11 is 4.94. The van der Waals surface area contributed by atoms with Gasteiger partial charge in [-0.25, -0.2) is 5.01 Å². The molecule has 0 spiro atoms. The first-order valence-corrected chi connectivity index (χ1v) is 5.59. The zero-order valence-electron chi connectivity index (χ0n) is 9.88. The lowest BCUT2D eigenvalue weighted by atomic mass is 10.2. The van der Waals surface area contributed by atoms with Gasteiger partial charge in [0.15, 0.2) is 5.11 Å². The molecule has 17 heavy (non-hydrogen) atoms. The topological polar surface area (TPSA) is 58.7 Å². The van der Waals surface area contributed by atoms with Crippen LogP contribution in [0.5, 0.6) is 0 Å². The van der Waals surface area contributed by atoms with Gasteiger partial charge in [-0.1, -0.05) is 18.2 Å². The minimum absolute atomic E-state index is 0.0576. The largest absolute Gasteiger partial charge is 0.374 e. The van der Waals surface area contributed by atoms with Crippen molar-refractivity contribution in [2.45, 2.75) is 20.3 Å². The second kappa shape index (κ2) is 6.10. The predicted molar refractivity (Wildman–Crippen MR) is 74.1 cm³/mol. The number of nitrogens with zero attached hydrogens (tertiary/aromatic N) is 2. The van der Waals surface area contributed by atoms with E-state index in [1.807, 2.05) is 30.3 Å². The highest BCUT2D eigenvalue weighted by atomic mass is 32.1. The molecule has 0 bridgehead atoms. The van der Waals surface area contributed by atoms with E-state index in [-0.39, 0.29) is 10.9 Å². The molecule has 0 aromatic heterocycles. The van der Waals surface area contributed by atoms with E-state index in [0.29, 0.717) is 12.1 Å². The van der Waals surface area contributed by atoms with Gasteiger partial charge in [0.2, 0.25) is 0 Å². The van der Waals surface area contributed by atoms with Gasteiger partial charge in [-0.05, 0) is 38.2 Å². The second-order valence-corrected chi connectivity index (χ2v) is 4.12. The van der Waals surface area contributed by atoms with E-state index >= 15 is 0 Å². The lowest BCUT2D eigenvalue weighted by Crippen LogP contribution is -2.31. The number of carbonyl (C=O) groups excluding carboxylic acids is 1. The van der Waals surface area contributed by atoms with Gasteiger partial charge in [0, 0.05) is 12.1 Å². The molecule has 4 nitrogen and oxygen atoms in total. The van der Waals surface area contributed by atoms with E-state index in [0.717, 1.165) is 5.69 Å². The van der Waals surface area contributed by atoms with Crippen LogP contribution in [0.3, 0.4) is 0 Å². The number of hydrogen-bond acceptors (Lipinski definition) is 3. The molecule has 0 fully saturated rings. The first-order valence-electron chi connectivity index (χ1n) is 5.19. The molecule has 0 aliphatic carbocycles. The third-order valence-electron chi connectivity index (χ3n) is 1.99. The molecule has 0 atom stereocenters. The number of anilines is 1. The van der Waals surface area contributed by atoms with Crippen molar-refractivity contribution in [1.29, 1.82) is 0 Å². The fourth-order valence-electron chi connectivity index (χ4n) is 1.37. The standard InChI is InChI=1S/C12H15N3OS/c1-9(8-10(2)16)14-15(12(13)17)11-6-4-3-5-7-11/h3-7H,8H2,1-2H3,(H2,13,17)/b14-9+. The summed E-state index contributed by atoms with van der Waals surface area (Å²) in [6.45, 7) is 3.29. The molecular weight excluding hydrogens is 234 g/mol. The Bertz CT molecular complexity index is 442. The second-order valence-electron chi connectivity index (χ2n) is 3.70. The van der Waals surface area contributed by atoms with Crippen molar-refractivity contribution < 1.29 is 4.79 Å². The summed E-state index contributed by atoms with van der Waals surface area (Å²) in [6.07, 6.45) is 0.298. The quantitative estimate of drug-likeness (QED) is 0.504. The van der Waals surface area contributed by atoms with Crippen LogP contribution in [-0.2, 0) is 4.79 Å². The summed E-state index contributed by atoms with van der Waals surface area (Å²) < 4.78 is 0. The van der Waals surface area contributed by atoms with E-state index in [9.17, 15) is 4.79 Å². The van der Waals surface area contributed by atoms with Crippen LogP contribution in [0.2, 0.25) is 0 Å². The molecule has 0 saturated carbocycles. The summed E-state index contributed by atoms with van der Waals surface area (Å²) in [5.74, 6) is 0.0576. The molecule has 5 heteroatoms. The summed E-state index contributed by atoms with van der Waals surface area (Å²) in [5.41, 5.74) is 7.07. The van der Waals surface area contributed by atoms with Crippen LogP contribution >= 0.6 is 12.2 Å². The van der Waals surface area contributed by atoms with Crippen molar-refractivity contribution in [3.05, 3.63) is 30.3 Å². The summed E-state index contributed by atoms with van der Waals surface area (Å²) in [6, 6.07) is 9.34. The van der Waals surface area contributed by atoms with Crippen molar-refractivity contribution in [2.24, 2.45) is 10.8 Å². The van der Waals surface area contributed by atoms with Gasteiger partial charge in [-0.2, -0.15) is 5.10 Å². The number of ketones is 1. The van der Waals surface area contributed by atoms with Crippen LogP contribution < -0.4 is 10.7 Å². The number of hydrogen-bond donors (Lipinski definition) is 1. The highest BCUT2D eigenvalue weighted by molar-refractivity contribution is 7.80. The van der Waals surface area contributed by atoms with Crippen molar-refractivity contribution in [3.63, 3.8) is 0 Å². The van der Waals surface area contributed by atoms with Gasteiger partial charge in [-0.15, -0.1) is 0 Å². The normalized spacial score (nSPS) is 11.1. The first kappa shape index (κ1) is 13.3. The van der Waals surface area contributed by atoms with Crippen LogP contribution in [-0.4, -0.2) is 16.6 Å². The highest BCUT2D eigenvalue weighted by Crippen LogP contribution is 2.13. The van der Waals surface area contributed by atoms with Gasteiger partial charge in [0.25, 0.3) is 0 Å². The molecule has 2 N–H and O–H groups in total. The van der Waals surface area contributed by atoms with Crippen molar-refractivity contribution >= 4 is 34.5 Å². The Labute approximate surface area is 106 Å². The number of benzene rings is 1. The summed E-state index contributed by atoms with van der Waals surface area (Å²) in [4.78, 5) is 11.0. The molecule has 1 rings (SSSR count). The Kier molecular flexibility index (Phi) is 4.78. The predicted octanol–water partition coefficient (Wildman–Crippen LogP) is 2.09. The molecule has 0 radical (unpaired) electrons. The molecule has 0 unspecified atom stereocenters. The zero-order chi connectivity index (χ0) is 12.8. The first-order chi connectivity index (χ1) is 8.00. The number of rotatable bonds is 4. The number of para-hydroxylation sites is 1. The van der Waals surface area contributed by atoms with Crippen LogP contribution in [0, 0.1) is 0 Å². The maximum absolute atomic E-state index is 11.0. The Morgan fingerprint density at radius 2 is 1.94 bits per heavy atom. The summed E-state index contributed by atoms with van der Waals surface area (Å²) in [5, 5.41) is 5.85. The SMILES string of the molecule is CC(=O)C/C(C)=N/N(C(N)=S)c1ccccc1. The van der Waals surface area contributed by atoms with Crippen LogP contribution in [0.15, 0.2) is 35.4 Å². The Balaban J connectivity index is 2.96. The lowest BCUT2D eigenvalue weighted by Gasteiger charge is -2.17. The molecule has 0 amide bonds. The molecule has 1 aromatic rings.